The molecule has 3 aromatic carbocycles. The summed E-state index contributed by atoms with van der Waals surface area (Å²) >= 11 is 0. The van der Waals surface area contributed by atoms with Gasteiger partial charge in [-0.3, -0.25) is 0 Å². The van der Waals surface area contributed by atoms with Crippen molar-refractivity contribution < 1.29 is 4.74 Å². The van der Waals surface area contributed by atoms with E-state index >= 15 is 0 Å². The van der Waals surface area contributed by atoms with E-state index in [2.05, 4.69) is 46.3 Å². The van der Waals surface area contributed by atoms with Crippen molar-refractivity contribution in [3.8, 4) is 17.1 Å². The van der Waals surface area contributed by atoms with Crippen LogP contribution in [-0.4, -0.2) is 33.7 Å². The summed E-state index contributed by atoms with van der Waals surface area (Å²) in [7, 11) is 3.71. The summed E-state index contributed by atoms with van der Waals surface area (Å²) in [5.74, 6) is 2.23. The van der Waals surface area contributed by atoms with Crippen LogP contribution in [0.4, 0.5) is 5.95 Å². The number of aryl methyl sites for hydroxylation is 1. The number of fused-ring (bicyclic) bond motifs is 3. The fourth-order valence-electron chi connectivity index (χ4n) is 3.92. The highest BCUT2D eigenvalue weighted by atomic mass is 16.5. The summed E-state index contributed by atoms with van der Waals surface area (Å²) in [5, 5.41) is 10.1. The maximum absolute atomic E-state index is 5.61. The molecule has 2 aromatic heterocycles. The molecule has 6 nitrogen and oxygen atoms in total. The van der Waals surface area contributed by atoms with Crippen LogP contribution in [0.1, 0.15) is 11.1 Å². The van der Waals surface area contributed by atoms with Gasteiger partial charge in [0.2, 0.25) is 5.95 Å². The lowest BCUT2D eigenvalue weighted by Crippen LogP contribution is -2.21. The second-order valence-corrected chi connectivity index (χ2v) is 7.66. The summed E-state index contributed by atoms with van der Waals surface area (Å²) in [6.45, 7) is 2.78. The second-order valence-electron chi connectivity index (χ2n) is 7.66. The molecule has 5 rings (SSSR count). The summed E-state index contributed by atoms with van der Waals surface area (Å²) in [4.78, 5) is 7.15. The molecular weight excluding hydrogens is 386 g/mol. The van der Waals surface area contributed by atoms with Crippen LogP contribution in [0.15, 0.2) is 72.8 Å². The Balaban J connectivity index is 1.78. The van der Waals surface area contributed by atoms with Crippen LogP contribution in [0, 0.1) is 6.92 Å². The first-order valence-corrected chi connectivity index (χ1v) is 10.2. The van der Waals surface area contributed by atoms with Crippen LogP contribution in [0.25, 0.3) is 27.9 Å². The molecule has 0 saturated heterocycles. The molecule has 0 spiro atoms. The van der Waals surface area contributed by atoms with Gasteiger partial charge in [-0.15, -0.1) is 10.2 Å². The van der Waals surface area contributed by atoms with Crippen LogP contribution in [0.5, 0.6) is 5.75 Å². The van der Waals surface area contributed by atoms with Gasteiger partial charge in [0, 0.05) is 19.0 Å². The highest BCUT2D eigenvalue weighted by Gasteiger charge is 2.21. The molecule has 0 aliphatic heterocycles. The summed E-state index contributed by atoms with van der Waals surface area (Å²) in [5.41, 5.74) is 4.91. The van der Waals surface area contributed by atoms with E-state index in [1.807, 2.05) is 60.0 Å². The molecule has 31 heavy (non-hydrogen) atoms. The van der Waals surface area contributed by atoms with Crippen LogP contribution >= 0.6 is 0 Å². The largest absolute Gasteiger partial charge is 0.496 e. The molecule has 0 fully saturated rings. The van der Waals surface area contributed by atoms with Crippen molar-refractivity contribution in [2.24, 2.45) is 0 Å². The lowest BCUT2D eigenvalue weighted by atomic mass is 10.1. The van der Waals surface area contributed by atoms with Crippen LogP contribution < -0.4 is 9.64 Å². The fourth-order valence-corrected chi connectivity index (χ4v) is 3.92. The Morgan fingerprint density at radius 3 is 2.52 bits per heavy atom. The van der Waals surface area contributed by atoms with Gasteiger partial charge in [-0.2, -0.15) is 0 Å². The standard InChI is InChI=1S/C25H23N5O/c1-17-13-14-21-20(15-17)24-28-27-23(19-11-7-8-12-22(19)31-3)30(24)25(26-21)29(2)16-18-9-5-4-6-10-18/h4-15H,16H2,1-3H3. The number of methoxy groups -OCH3 is 1. The normalized spacial score (nSPS) is 11.2. The van der Waals surface area contributed by atoms with Gasteiger partial charge < -0.3 is 9.64 Å². The quantitative estimate of drug-likeness (QED) is 0.413. The molecule has 0 atom stereocenters. The Kier molecular flexibility index (Phi) is 4.75. The average Bonchev–Trinajstić information content (AvgIpc) is 3.24. The summed E-state index contributed by atoms with van der Waals surface area (Å²) in [6, 6.07) is 24.4. The van der Waals surface area contributed by atoms with Gasteiger partial charge in [0.05, 0.1) is 18.2 Å². The summed E-state index contributed by atoms with van der Waals surface area (Å²) < 4.78 is 7.64. The van der Waals surface area contributed by atoms with Gasteiger partial charge in [0.25, 0.3) is 0 Å². The molecule has 0 unspecified atom stereocenters. The number of aromatic nitrogens is 4. The third-order valence-corrected chi connectivity index (χ3v) is 5.43. The number of nitrogens with zero attached hydrogens (tertiary/aromatic N) is 5. The van der Waals surface area contributed by atoms with Crippen molar-refractivity contribution in [2.75, 3.05) is 19.1 Å². The van der Waals surface area contributed by atoms with Crippen molar-refractivity contribution in [1.82, 2.24) is 19.6 Å². The Bertz CT molecular complexity index is 1380. The minimum Gasteiger partial charge on any atom is -0.496 e. The maximum atomic E-state index is 5.61. The van der Waals surface area contributed by atoms with Crippen molar-refractivity contribution in [3.05, 3.63) is 83.9 Å². The lowest BCUT2D eigenvalue weighted by Gasteiger charge is -2.21. The Hall–Kier alpha value is -3.93. The molecule has 5 aromatic rings. The predicted molar refractivity (Wildman–Crippen MR) is 124 cm³/mol. The maximum Gasteiger partial charge on any atom is 0.213 e. The zero-order valence-electron chi connectivity index (χ0n) is 17.8. The highest BCUT2D eigenvalue weighted by Crippen LogP contribution is 2.33. The third-order valence-electron chi connectivity index (χ3n) is 5.43. The molecule has 0 aliphatic rings. The van der Waals surface area contributed by atoms with E-state index in [1.54, 1.807) is 7.11 Å². The van der Waals surface area contributed by atoms with E-state index in [0.717, 1.165) is 39.4 Å². The second kappa shape index (κ2) is 7.72. The number of benzene rings is 3. The number of para-hydroxylation sites is 1. The topological polar surface area (TPSA) is 55.6 Å². The molecule has 2 heterocycles. The zero-order chi connectivity index (χ0) is 21.4. The Morgan fingerprint density at radius 2 is 1.71 bits per heavy atom. The predicted octanol–water partition coefficient (Wildman–Crippen LogP) is 4.90. The first-order valence-electron chi connectivity index (χ1n) is 10.2. The van der Waals surface area contributed by atoms with E-state index in [4.69, 9.17) is 9.72 Å². The van der Waals surface area contributed by atoms with Gasteiger partial charge in [-0.25, -0.2) is 9.38 Å². The van der Waals surface area contributed by atoms with E-state index in [1.165, 1.54) is 5.56 Å². The van der Waals surface area contributed by atoms with Crippen LogP contribution in [0.2, 0.25) is 0 Å². The average molecular weight is 409 g/mol. The molecule has 0 aliphatic carbocycles. The van der Waals surface area contributed by atoms with Crippen molar-refractivity contribution in [3.63, 3.8) is 0 Å². The van der Waals surface area contributed by atoms with Crippen molar-refractivity contribution in [1.29, 1.82) is 0 Å². The minimum atomic E-state index is 0.707. The SMILES string of the molecule is COc1ccccc1-c1nnc2c3cc(C)ccc3nc(N(C)Cc3ccccc3)n12. The van der Waals surface area contributed by atoms with Crippen LogP contribution in [-0.2, 0) is 6.54 Å². The molecular formula is C25H23N5O. The highest BCUT2D eigenvalue weighted by molar-refractivity contribution is 5.94. The number of hydrogen-bond donors (Lipinski definition) is 0. The first kappa shape index (κ1) is 19.1. The number of hydrogen-bond acceptors (Lipinski definition) is 5. The van der Waals surface area contributed by atoms with Gasteiger partial charge in [-0.1, -0.05) is 54.1 Å². The zero-order valence-corrected chi connectivity index (χ0v) is 17.8. The van der Waals surface area contributed by atoms with Gasteiger partial charge >= 0.3 is 0 Å². The molecule has 0 saturated carbocycles. The molecule has 0 amide bonds. The van der Waals surface area contributed by atoms with Gasteiger partial charge in [-0.05, 0) is 36.8 Å². The van der Waals surface area contributed by atoms with E-state index in [9.17, 15) is 0 Å². The number of rotatable bonds is 5. The van der Waals surface area contributed by atoms with E-state index in [0.29, 0.717) is 12.4 Å². The third kappa shape index (κ3) is 3.36. The van der Waals surface area contributed by atoms with Gasteiger partial charge in [0.15, 0.2) is 11.5 Å². The lowest BCUT2D eigenvalue weighted by molar-refractivity contribution is 0.416. The Morgan fingerprint density at radius 1 is 0.935 bits per heavy atom. The minimum absolute atomic E-state index is 0.707. The molecule has 154 valence electrons. The monoisotopic (exact) mass is 409 g/mol. The van der Waals surface area contributed by atoms with Crippen molar-refractivity contribution in [2.45, 2.75) is 13.5 Å². The molecule has 6 heteroatoms. The number of anilines is 1. The van der Waals surface area contributed by atoms with Crippen LogP contribution in [0.3, 0.4) is 0 Å². The van der Waals surface area contributed by atoms with Crippen molar-refractivity contribution >= 4 is 22.5 Å². The Labute approximate surface area is 180 Å². The smallest absolute Gasteiger partial charge is 0.213 e. The summed E-state index contributed by atoms with van der Waals surface area (Å²) in [6.07, 6.45) is 0. The molecule has 0 radical (unpaired) electrons. The van der Waals surface area contributed by atoms with Gasteiger partial charge in [0.1, 0.15) is 5.75 Å². The van der Waals surface area contributed by atoms with E-state index in [-0.39, 0.29) is 0 Å². The molecule has 0 N–H and O–H groups in total. The number of ether oxygens (including phenoxy) is 1. The molecule has 0 bridgehead atoms. The van der Waals surface area contributed by atoms with E-state index < -0.39 is 0 Å². The fraction of sp³-hybridized carbons (Fsp3) is 0.160. The first-order chi connectivity index (χ1) is 15.2.